The highest BCUT2D eigenvalue weighted by Gasteiger charge is 2.19. The lowest BCUT2D eigenvalue weighted by molar-refractivity contribution is 0.0602. The Morgan fingerprint density at radius 2 is 2.20 bits per heavy atom. The molecule has 2 N–H and O–H groups in total. The van der Waals surface area contributed by atoms with Crippen molar-refractivity contribution in [2.24, 2.45) is 0 Å². The monoisotopic (exact) mass is 376 g/mol. The van der Waals surface area contributed by atoms with Crippen molar-refractivity contribution in [3.63, 3.8) is 0 Å². The molecule has 2 heterocycles. The molecule has 0 spiro atoms. The highest BCUT2D eigenvalue weighted by molar-refractivity contribution is 7.80. The van der Waals surface area contributed by atoms with E-state index in [0.29, 0.717) is 22.2 Å². The summed E-state index contributed by atoms with van der Waals surface area (Å²) in [6.07, 6.45) is 2.33. The lowest BCUT2D eigenvalue weighted by Gasteiger charge is -2.13. The summed E-state index contributed by atoms with van der Waals surface area (Å²) in [7, 11) is 1.37. The van der Waals surface area contributed by atoms with Gasteiger partial charge >= 0.3 is 5.97 Å². The number of thiophene rings is 1. The molecule has 1 atom stereocenters. The van der Waals surface area contributed by atoms with Crippen LogP contribution < -0.4 is 10.6 Å². The second-order valence-electron chi connectivity index (χ2n) is 5.68. The van der Waals surface area contributed by atoms with Gasteiger partial charge in [-0.25, -0.2) is 4.79 Å². The van der Waals surface area contributed by atoms with Crippen molar-refractivity contribution in [1.82, 2.24) is 5.32 Å². The molecule has 5 nitrogen and oxygen atoms in total. The van der Waals surface area contributed by atoms with Gasteiger partial charge in [-0.2, -0.15) is 0 Å². The molecule has 1 aromatic carbocycles. The summed E-state index contributed by atoms with van der Waals surface area (Å²) in [4.78, 5) is 13.1. The summed E-state index contributed by atoms with van der Waals surface area (Å²) >= 11 is 6.83. The van der Waals surface area contributed by atoms with Gasteiger partial charge in [0.05, 0.1) is 18.8 Å². The SMILES string of the molecule is COC(=O)c1cc(-c2ccccc2)sc1NC(=S)NC[C@H]1CCCO1. The van der Waals surface area contributed by atoms with E-state index in [1.807, 2.05) is 36.4 Å². The first-order valence-electron chi connectivity index (χ1n) is 8.11. The van der Waals surface area contributed by atoms with E-state index in [0.717, 1.165) is 29.9 Å². The first-order valence-corrected chi connectivity index (χ1v) is 9.34. The Hall–Kier alpha value is -1.96. The van der Waals surface area contributed by atoms with Crippen LogP contribution in [0.4, 0.5) is 5.00 Å². The molecule has 1 aliphatic heterocycles. The molecule has 0 saturated carbocycles. The maximum absolute atomic E-state index is 12.1. The predicted octanol–water partition coefficient (Wildman–Crippen LogP) is 3.67. The molecule has 0 unspecified atom stereocenters. The van der Waals surface area contributed by atoms with Gasteiger partial charge in [0.15, 0.2) is 5.11 Å². The third kappa shape index (κ3) is 4.56. The van der Waals surface area contributed by atoms with Gasteiger partial charge < -0.3 is 20.1 Å². The Kier molecular flexibility index (Phi) is 6.01. The Morgan fingerprint density at radius 3 is 2.88 bits per heavy atom. The van der Waals surface area contributed by atoms with Crippen LogP contribution in [0.3, 0.4) is 0 Å². The molecule has 2 aromatic rings. The molecule has 1 aromatic heterocycles. The Morgan fingerprint density at radius 1 is 1.40 bits per heavy atom. The van der Waals surface area contributed by atoms with E-state index >= 15 is 0 Å². The summed E-state index contributed by atoms with van der Waals surface area (Å²) in [5.74, 6) is -0.386. The number of benzene rings is 1. The summed E-state index contributed by atoms with van der Waals surface area (Å²) < 4.78 is 10.5. The van der Waals surface area contributed by atoms with Crippen LogP contribution in [0.2, 0.25) is 0 Å². The number of rotatable bonds is 5. The standard InChI is InChI=1S/C18H20N2O3S2/c1-22-17(21)14-10-15(12-6-3-2-4-7-12)25-16(14)20-18(24)19-11-13-8-5-9-23-13/h2-4,6-7,10,13H,5,8-9,11H2,1H3,(H2,19,20,24)/t13-/m1/s1. The van der Waals surface area contributed by atoms with Crippen molar-refractivity contribution in [3.05, 3.63) is 42.0 Å². The van der Waals surface area contributed by atoms with E-state index in [1.165, 1.54) is 18.4 Å². The van der Waals surface area contributed by atoms with Crippen molar-refractivity contribution in [1.29, 1.82) is 0 Å². The normalized spacial score (nSPS) is 16.4. The van der Waals surface area contributed by atoms with Gasteiger partial charge in [0.2, 0.25) is 0 Å². The van der Waals surface area contributed by atoms with Crippen LogP contribution >= 0.6 is 23.6 Å². The maximum Gasteiger partial charge on any atom is 0.340 e. The third-order valence-corrected chi connectivity index (χ3v) is 5.28. The Balaban J connectivity index is 1.73. The zero-order valence-electron chi connectivity index (χ0n) is 13.9. The fraction of sp³-hybridized carbons (Fsp3) is 0.333. The van der Waals surface area contributed by atoms with E-state index < -0.39 is 0 Å². The van der Waals surface area contributed by atoms with Crippen molar-refractivity contribution in [2.75, 3.05) is 25.6 Å². The van der Waals surface area contributed by atoms with E-state index in [-0.39, 0.29) is 12.1 Å². The quantitative estimate of drug-likeness (QED) is 0.613. The number of hydrogen-bond donors (Lipinski definition) is 2. The van der Waals surface area contributed by atoms with Crippen LogP contribution in [0.25, 0.3) is 10.4 Å². The molecule has 0 amide bonds. The summed E-state index contributed by atoms with van der Waals surface area (Å²) in [5.41, 5.74) is 1.52. The number of carbonyl (C=O) groups is 1. The fourth-order valence-electron chi connectivity index (χ4n) is 2.65. The van der Waals surface area contributed by atoms with Crippen molar-refractivity contribution >= 4 is 39.6 Å². The van der Waals surface area contributed by atoms with Gasteiger partial charge in [0.1, 0.15) is 5.00 Å². The average molecular weight is 377 g/mol. The van der Waals surface area contributed by atoms with Crippen LogP contribution in [-0.4, -0.2) is 37.4 Å². The molecule has 3 rings (SSSR count). The molecule has 132 valence electrons. The predicted molar refractivity (Wildman–Crippen MR) is 104 cm³/mol. The number of esters is 1. The lowest BCUT2D eigenvalue weighted by atomic mass is 10.1. The fourth-order valence-corrected chi connectivity index (χ4v) is 3.96. The van der Waals surface area contributed by atoms with Crippen molar-refractivity contribution < 1.29 is 14.3 Å². The number of thiocarbonyl (C=S) groups is 1. The molecule has 0 aliphatic carbocycles. The summed E-state index contributed by atoms with van der Waals surface area (Å²) in [5, 5.41) is 7.43. The van der Waals surface area contributed by atoms with Gasteiger partial charge in [0, 0.05) is 18.0 Å². The van der Waals surface area contributed by atoms with E-state index in [9.17, 15) is 4.79 Å². The number of methoxy groups -OCH3 is 1. The molecule has 0 radical (unpaired) electrons. The second kappa shape index (κ2) is 8.42. The average Bonchev–Trinajstić information content (AvgIpc) is 3.30. The van der Waals surface area contributed by atoms with Crippen molar-refractivity contribution in [3.8, 4) is 10.4 Å². The van der Waals surface area contributed by atoms with Crippen LogP contribution in [0.15, 0.2) is 36.4 Å². The van der Waals surface area contributed by atoms with Gasteiger partial charge in [-0.15, -0.1) is 11.3 Å². The van der Waals surface area contributed by atoms with Crippen LogP contribution in [0, 0.1) is 0 Å². The zero-order valence-corrected chi connectivity index (χ0v) is 15.5. The zero-order chi connectivity index (χ0) is 17.6. The molecular formula is C18H20N2O3S2. The van der Waals surface area contributed by atoms with Crippen molar-refractivity contribution in [2.45, 2.75) is 18.9 Å². The number of anilines is 1. The van der Waals surface area contributed by atoms with E-state index in [2.05, 4.69) is 10.6 Å². The molecule has 1 saturated heterocycles. The van der Waals surface area contributed by atoms with E-state index in [1.54, 1.807) is 0 Å². The van der Waals surface area contributed by atoms with Crippen LogP contribution in [0.1, 0.15) is 23.2 Å². The van der Waals surface area contributed by atoms with Gasteiger partial charge in [0.25, 0.3) is 0 Å². The minimum atomic E-state index is -0.386. The number of nitrogens with one attached hydrogen (secondary N) is 2. The molecule has 1 aliphatic rings. The second-order valence-corrected chi connectivity index (χ2v) is 7.14. The summed E-state index contributed by atoms with van der Waals surface area (Å²) in [6.45, 7) is 1.47. The van der Waals surface area contributed by atoms with Crippen LogP contribution in [-0.2, 0) is 9.47 Å². The Bertz CT molecular complexity index is 740. The maximum atomic E-state index is 12.1. The topological polar surface area (TPSA) is 59.6 Å². The minimum absolute atomic E-state index is 0.197. The first kappa shape index (κ1) is 17.8. The van der Waals surface area contributed by atoms with Gasteiger partial charge in [-0.3, -0.25) is 0 Å². The highest BCUT2D eigenvalue weighted by Crippen LogP contribution is 2.35. The first-order chi connectivity index (χ1) is 12.2. The molecular weight excluding hydrogens is 356 g/mol. The third-order valence-electron chi connectivity index (χ3n) is 3.94. The smallest absolute Gasteiger partial charge is 0.340 e. The lowest BCUT2D eigenvalue weighted by Crippen LogP contribution is -2.34. The van der Waals surface area contributed by atoms with Gasteiger partial charge in [-0.05, 0) is 36.7 Å². The largest absolute Gasteiger partial charge is 0.465 e. The molecule has 1 fully saturated rings. The molecule has 7 heteroatoms. The highest BCUT2D eigenvalue weighted by atomic mass is 32.1. The number of ether oxygens (including phenoxy) is 2. The number of hydrogen-bond acceptors (Lipinski definition) is 5. The molecule has 25 heavy (non-hydrogen) atoms. The Labute approximate surface area is 156 Å². The summed E-state index contributed by atoms with van der Waals surface area (Å²) in [6, 6.07) is 11.7. The minimum Gasteiger partial charge on any atom is -0.465 e. The molecule has 0 bridgehead atoms. The number of carbonyl (C=O) groups excluding carboxylic acids is 1. The van der Waals surface area contributed by atoms with E-state index in [4.69, 9.17) is 21.7 Å². The van der Waals surface area contributed by atoms with Crippen LogP contribution in [0.5, 0.6) is 0 Å². The van der Waals surface area contributed by atoms with Gasteiger partial charge in [-0.1, -0.05) is 30.3 Å².